The van der Waals surface area contributed by atoms with Crippen molar-refractivity contribution in [3.63, 3.8) is 0 Å². The van der Waals surface area contributed by atoms with E-state index in [9.17, 15) is 0 Å². The van der Waals surface area contributed by atoms with Crippen molar-refractivity contribution in [2.45, 2.75) is 0 Å². The van der Waals surface area contributed by atoms with Gasteiger partial charge >= 0.3 is 0 Å². The Morgan fingerprint density at radius 2 is 0.470 bits per heavy atom. The Bertz CT molecular complexity index is 7820. The van der Waals surface area contributed by atoms with Gasteiger partial charge in [0.1, 0.15) is 12.0 Å². The second kappa shape index (κ2) is 35.8. The van der Waals surface area contributed by atoms with E-state index in [0.29, 0.717) is 34.8 Å². The van der Waals surface area contributed by atoms with Gasteiger partial charge in [-0.3, -0.25) is 0 Å². The van der Waals surface area contributed by atoms with Gasteiger partial charge in [-0.2, -0.15) is 0 Å². The fourth-order valence-electron chi connectivity index (χ4n) is 18.4. The van der Waals surface area contributed by atoms with E-state index in [0.717, 1.165) is 156 Å². The standard InChI is InChI=1S/C62H41N5.C61H40N6/c1-6-18-42(19-7-1)46-32-33-58-54(40-46)60-53(30-17-31-59(60)67(58)52-28-14-5-15-29-52)47-26-16-27-48(36-47)57-41-56(45-24-12-4-13-25-45)65-62(66-57)61-63-35-34-55(64-61)51-38-49(43-20-8-2-9-21-43)37-50(39-51)44-22-10-3-11-23-44;1-6-18-41(19-7-1)45-32-33-56-53(38-45)58-52(30-17-31-57(58)67(56)51-28-14-5-15-29-51)46-26-16-27-47(34-46)60-64-54(44-24-12-4-13-25-44)39-55(65-60)61-63-40-62-59(66-61)50-36-48(42-20-8-2-9-21-42)35-49(37-50)43-22-10-3-11-23-43/h1-41H;1-40H. The molecule has 11 heteroatoms. The van der Waals surface area contributed by atoms with Crippen LogP contribution in [0.3, 0.4) is 0 Å². The average molecular weight is 1710 g/mol. The first-order valence-electron chi connectivity index (χ1n) is 44.9. The van der Waals surface area contributed by atoms with Crippen LogP contribution in [0.4, 0.5) is 0 Å². The molecular formula is C123H81N11. The quantitative estimate of drug-likeness (QED) is 0.0825. The zero-order chi connectivity index (χ0) is 89.0. The predicted octanol–water partition coefficient (Wildman–Crippen LogP) is 30.8. The third-order valence-electron chi connectivity index (χ3n) is 24.8. The Hall–Kier alpha value is -18.2. The lowest BCUT2D eigenvalue weighted by molar-refractivity contribution is 1.04. The summed E-state index contributed by atoms with van der Waals surface area (Å²) in [6.45, 7) is 0. The van der Waals surface area contributed by atoms with Gasteiger partial charge in [0.15, 0.2) is 29.1 Å². The maximum Gasteiger partial charge on any atom is 0.198 e. The number of aromatic nitrogens is 11. The van der Waals surface area contributed by atoms with E-state index in [1.807, 2.05) is 79.0 Å². The molecule has 0 radical (unpaired) electrons. The summed E-state index contributed by atoms with van der Waals surface area (Å²) in [5.41, 5.74) is 34.2. The van der Waals surface area contributed by atoms with Crippen molar-refractivity contribution in [2.75, 3.05) is 0 Å². The summed E-state index contributed by atoms with van der Waals surface area (Å²) in [6.07, 6.45) is 3.39. The predicted molar refractivity (Wildman–Crippen MR) is 549 cm³/mol. The largest absolute Gasteiger partial charge is 0.309 e. The van der Waals surface area contributed by atoms with Crippen molar-refractivity contribution in [1.82, 2.24) is 54.0 Å². The van der Waals surface area contributed by atoms with Crippen LogP contribution in [-0.2, 0) is 0 Å². The molecule has 628 valence electrons. The summed E-state index contributed by atoms with van der Waals surface area (Å²) in [5.74, 6) is 2.49. The summed E-state index contributed by atoms with van der Waals surface area (Å²) >= 11 is 0. The number of para-hydroxylation sites is 2. The molecule has 0 aliphatic rings. The first-order valence-corrected chi connectivity index (χ1v) is 44.9. The molecule has 0 bridgehead atoms. The molecule has 0 saturated carbocycles. The molecular weight excluding hydrogens is 1630 g/mol. The molecule has 0 amide bonds. The van der Waals surface area contributed by atoms with Crippen LogP contribution in [0.2, 0.25) is 0 Å². The normalized spacial score (nSPS) is 11.3. The summed E-state index contributed by atoms with van der Waals surface area (Å²) in [4.78, 5) is 45.5. The van der Waals surface area contributed by atoms with E-state index in [-0.39, 0.29) is 0 Å². The van der Waals surface area contributed by atoms with Gasteiger partial charge in [-0.15, -0.1) is 0 Å². The van der Waals surface area contributed by atoms with Crippen LogP contribution in [0.15, 0.2) is 492 Å². The number of fused-ring (bicyclic) bond motifs is 6. The lowest BCUT2D eigenvalue weighted by Gasteiger charge is -2.12. The number of benzene rings is 18. The Kier molecular flexibility index (Phi) is 21.5. The maximum absolute atomic E-state index is 5.26. The van der Waals surface area contributed by atoms with Crippen LogP contribution >= 0.6 is 0 Å². The van der Waals surface area contributed by atoms with Gasteiger partial charge in [0, 0.05) is 72.5 Å². The zero-order valence-electron chi connectivity index (χ0n) is 72.7. The van der Waals surface area contributed by atoms with Crippen LogP contribution in [0.25, 0.3) is 235 Å². The van der Waals surface area contributed by atoms with E-state index in [1.165, 1.54) is 43.8 Å². The van der Waals surface area contributed by atoms with Gasteiger partial charge in [-0.1, -0.05) is 352 Å². The lowest BCUT2D eigenvalue weighted by Crippen LogP contribution is -2.01. The topological polar surface area (TPSA) is 126 Å². The zero-order valence-corrected chi connectivity index (χ0v) is 72.7. The third-order valence-corrected chi connectivity index (χ3v) is 24.8. The van der Waals surface area contributed by atoms with Crippen molar-refractivity contribution in [3.8, 4) is 191 Å². The molecule has 24 aromatic rings. The second-order valence-corrected chi connectivity index (χ2v) is 33.2. The molecule has 0 unspecified atom stereocenters. The minimum Gasteiger partial charge on any atom is -0.309 e. The summed E-state index contributed by atoms with van der Waals surface area (Å²) in [6, 6.07) is 168. The van der Waals surface area contributed by atoms with E-state index in [2.05, 4.69) is 416 Å². The molecule has 0 N–H and O–H groups in total. The smallest absolute Gasteiger partial charge is 0.198 e. The minimum absolute atomic E-state index is 0.451. The first kappa shape index (κ1) is 80.4. The Morgan fingerprint density at radius 3 is 0.918 bits per heavy atom. The van der Waals surface area contributed by atoms with Gasteiger partial charge in [0.05, 0.1) is 44.8 Å². The van der Waals surface area contributed by atoms with Gasteiger partial charge in [0.2, 0.25) is 0 Å². The molecule has 18 aromatic carbocycles. The van der Waals surface area contributed by atoms with Crippen LogP contribution in [0, 0.1) is 0 Å². The highest BCUT2D eigenvalue weighted by molar-refractivity contribution is 6.18. The molecule has 0 saturated heterocycles. The van der Waals surface area contributed by atoms with Crippen LogP contribution in [-0.4, -0.2) is 54.0 Å². The van der Waals surface area contributed by atoms with E-state index in [4.69, 9.17) is 44.9 Å². The number of hydrogen-bond donors (Lipinski definition) is 0. The Morgan fingerprint density at radius 1 is 0.149 bits per heavy atom. The van der Waals surface area contributed by atoms with E-state index in [1.54, 1.807) is 6.33 Å². The third kappa shape index (κ3) is 16.1. The molecule has 6 heterocycles. The molecule has 0 fully saturated rings. The summed E-state index contributed by atoms with van der Waals surface area (Å²) < 4.78 is 4.75. The van der Waals surface area contributed by atoms with Gasteiger partial charge in [-0.25, -0.2) is 44.9 Å². The number of hydrogen-bond acceptors (Lipinski definition) is 9. The van der Waals surface area contributed by atoms with E-state index >= 15 is 0 Å². The fourth-order valence-corrected chi connectivity index (χ4v) is 18.4. The summed E-state index contributed by atoms with van der Waals surface area (Å²) in [7, 11) is 0. The van der Waals surface area contributed by atoms with Crippen molar-refractivity contribution in [3.05, 3.63) is 492 Å². The fraction of sp³-hybridized carbons (Fsp3) is 0. The average Bonchev–Trinajstić information content (AvgIpc) is 1.58. The Labute approximate surface area is 775 Å². The van der Waals surface area contributed by atoms with Crippen LogP contribution in [0.5, 0.6) is 0 Å². The van der Waals surface area contributed by atoms with Crippen molar-refractivity contribution in [2.24, 2.45) is 0 Å². The lowest BCUT2D eigenvalue weighted by atomic mass is 9.95. The highest BCUT2D eigenvalue weighted by Gasteiger charge is 2.24. The molecule has 0 spiro atoms. The molecule has 11 nitrogen and oxygen atoms in total. The Balaban J connectivity index is 0.000000151. The highest BCUT2D eigenvalue weighted by atomic mass is 15.0. The molecule has 24 rings (SSSR count). The van der Waals surface area contributed by atoms with Gasteiger partial charge in [0.25, 0.3) is 0 Å². The van der Waals surface area contributed by atoms with E-state index < -0.39 is 0 Å². The highest BCUT2D eigenvalue weighted by Crippen LogP contribution is 2.46. The molecule has 0 atom stereocenters. The van der Waals surface area contributed by atoms with Crippen molar-refractivity contribution >= 4 is 43.6 Å². The number of nitrogens with zero attached hydrogens (tertiary/aromatic N) is 11. The summed E-state index contributed by atoms with van der Waals surface area (Å²) in [5, 5.41) is 4.75. The van der Waals surface area contributed by atoms with Crippen LogP contribution < -0.4 is 0 Å². The van der Waals surface area contributed by atoms with Crippen molar-refractivity contribution in [1.29, 1.82) is 0 Å². The molecule has 134 heavy (non-hydrogen) atoms. The van der Waals surface area contributed by atoms with Crippen LogP contribution in [0.1, 0.15) is 0 Å². The van der Waals surface area contributed by atoms with Crippen molar-refractivity contribution < 1.29 is 0 Å². The monoisotopic (exact) mass is 1710 g/mol. The van der Waals surface area contributed by atoms with Gasteiger partial charge < -0.3 is 9.13 Å². The number of rotatable bonds is 18. The minimum atomic E-state index is 0.451. The molecule has 0 aliphatic carbocycles. The molecule has 0 aliphatic heterocycles. The first-order chi connectivity index (χ1) is 66.4. The second-order valence-electron chi connectivity index (χ2n) is 33.2. The molecule has 6 aromatic heterocycles. The maximum atomic E-state index is 5.26. The SMILES string of the molecule is c1ccc(-c2cc(-c3ccccc3)cc(-c3ccnc(-c4nc(-c5ccccc5)cc(-c5cccc(-c6cccc7c6c6cc(-c8ccccc8)ccc6n7-c6ccccc6)c5)n4)n3)c2)cc1.c1ccc(-c2cc(-c3ccccc3)cc(-c3ncnc(-c4cc(-c5ccccc5)nc(-c5cccc(-c6cccc7c6c6cc(-c8ccccc8)ccc6n7-c6ccccc6)c5)n4)n3)c2)cc1. The van der Waals surface area contributed by atoms with Gasteiger partial charge in [-0.05, 0) is 216 Å².